The molecule has 0 spiro atoms. The molecule has 3 rings (SSSR count). The molecule has 0 fully saturated rings. The molecular weight excluding hydrogens is 322 g/mol. The zero-order chi connectivity index (χ0) is 18.0. The number of aromatic nitrogens is 1. The Hall–Kier alpha value is -3.28. The van der Waals surface area contributed by atoms with Gasteiger partial charge < -0.3 is 19.2 Å². The largest absolute Gasteiger partial charge is 0.493 e. The Labute approximate surface area is 144 Å². The topological polar surface area (TPSA) is 77.6 Å². The number of aromatic amines is 1. The van der Waals surface area contributed by atoms with Crippen molar-refractivity contribution in [2.75, 3.05) is 21.3 Å². The van der Waals surface area contributed by atoms with Crippen LogP contribution in [0.1, 0.15) is 10.5 Å². The summed E-state index contributed by atoms with van der Waals surface area (Å²) in [5, 5.41) is 0.970. The molecule has 6 nitrogen and oxygen atoms in total. The monoisotopic (exact) mass is 339 g/mol. The Bertz CT molecular complexity index is 992. The lowest BCUT2D eigenvalue weighted by atomic mass is 9.96. The van der Waals surface area contributed by atoms with E-state index in [-0.39, 0.29) is 5.69 Å². The number of methoxy groups -OCH3 is 3. The third-order valence-corrected chi connectivity index (χ3v) is 3.98. The molecule has 0 radical (unpaired) electrons. The first-order valence-corrected chi connectivity index (χ1v) is 7.56. The van der Waals surface area contributed by atoms with Gasteiger partial charge in [-0.15, -0.1) is 0 Å². The first-order valence-electron chi connectivity index (χ1n) is 7.56. The summed E-state index contributed by atoms with van der Waals surface area (Å²) in [6.45, 7) is 0. The van der Waals surface area contributed by atoms with Gasteiger partial charge in [0.25, 0.3) is 5.56 Å². The molecule has 1 aromatic heterocycles. The molecule has 0 aliphatic heterocycles. The maximum atomic E-state index is 12.5. The summed E-state index contributed by atoms with van der Waals surface area (Å²) < 4.78 is 15.5. The quantitative estimate of drug-likeness (QED) is 0.739. The molecule has 0 aliphatic rings. The first-order chi connectivity index (χ1) is 12.1. The SMILES string of the molecule is COC(=O)c1[nH]c(=O)c2cc(OC)c(OC)cc2c1-c1ccccc1. The summed E-state index contributed by atoms with van der Waals surface area (Å²) >= 11 is 0. The molecule has 3 aromatic rings. The summed E-state index contributed by atoms with van der Waals surface area (Å²) in [4.78, 5) is 27.4. The van der Waals surface area contributed by atoms with E-state index in [4.69, 9.17) is 14.2 Å². The summed E-state index contributed by atoms with van der Waals surface area (Å²) in [6.07, 6.45) is 0. The van der Waals surface area contributed by atoms with Gasteiger partial charge in [-0.05, 0) is 17.7 Å². The summed E-state index contributed by atoms with van der Waals surface area (Å²) in [6, 6.07) is 12.6. The minimum Gasteiger partial charge on any atom is -0.493 e. The number of esters is 1. The van der Waals surface area contributed by atoms with Crippen LogP contribution in [0.25, 0.3) is 21.9 Å². The lowest BCUT2D eigenvalue weighted by Crippen LogP contribution is -2.16. The lowest BCUT2D eigenvalue weighted by molar-refractivity contribution is 0.0595. The number of pyridine rings is 1. The maximum Gasteiger partial charge on any atom is 0.355 e. The van der Waals surface area contributed by atoms with Crippen molar-refractivity contribution in [2.24, 2.45) is 0 Å². The zero-order valence-electron chi connectivity index (χ0n) is 14.1. The number of benzene rings is 2. The number of hydrogen-bond donors (Lipinski definition) is 1. The smallest absolute Gasteiger partial charge is 0.355 e. The number of rotatable bonds is 4. The van der Waals surface area contributed by atoms with Crippen LogP contribution in [-0.2, 0) is 4.74 Å². The number of nitrogens with one attached hydrogen (secondary N) is 1. The van der Waals surface area contributed by atoms with Gasteiger partial charge in [0, 0.05) is 10.9 Å². The Balaban J connectivity index is 2.49. The highest BCUT2D eigenvalue weighted by Crippen LogP contribution is 2.36. The Morgan fingerprint density at radius 2 is 1.52 bits per heavy atom. The van der Waals surface area contributed by atoms with Crippen LogP contribution >= 0.6 is 0 Å². The van der Waals surface area contributed by atoms with E-state index >= 15 is 0 Å². The third kappa shape index (κ3) is 2.82. The number of hydrogen-bond acceptors (Lipinski definition) is 5. The van der Waals surface area contributed by atoms with Gasteiger partial charge in [0.15, 0.2) is 11.5 Å². The second-order valence-corrected chi connectivity index (χ2v) is 5.31. The minimum atomic E-state index is -0.618. The fourth-order valence-electron chi connectivity index (χ4n) is 2.81. The van der Waals surface area contributed by atoms with E-state index in [1.54, 1.807) is 12.1 Å². The van der Waals surface area contributed by atoms with Crippen LogP contribution in [0.3, 0.4) is 0 Å². The second kappa shape index (κ2) is 6.68. The summed E-state index contributed by atoms with van der Waals surface area (Å²) in [5.74, 6) is 0.284. The lowest BCUT2D eigenvalue weighted by Gasteiger charge is -2.14. The van der Waals surface area contributed by atoms with E-state index in [2.05, 4.69) is 4.98 Å². The number of fused-ring (bicyclic) bond motifs is 1. The van der Waals surface area contributed by atoms with Crippen LogP contribution in [0.15, 0.2) is 47.3 Å². The van der Waals surface area contributed by atoms with E-state index in [9.17, 15) is 9.59 Å². The Kier molecular flexibility index (Phi) is 4.43. The zero-order valence-corrected chi connectivity index (χ0v) is 14.1. The van der Waals surface area contributed by atoms with Gasteiger partial charge in [-0.25, -0.2) is 4.79 Å². The van der Waals surface area contributed by atoms with Crippen LogP contribution in [0, 0.1) is 0 Å². The van der Waals surface area contributed by atoms with Gasteiger partial charge >= 0.3 is 5.97 Å². The molecule has 0 saturated carbocycles. The second-order valence-electron chi connectivity index (χ2n) is 5.31. The van der Waals surface area contributed by atoms with Crippen molar-refractivity contribution < 1.29 is 19.0 Å². The Morgan fingerprint density at radius 1 is 0.920 bits per heavy atom. The van der Waals surface area contributed by atoms with Crippen LogP contribution in [-0.4, -0.2) is 32.3 Å². The molecule has 25 heavy (non-hydrogen) atoms. The molecule has 1 N–H and O–H groups in total. The molecule has 6 heteroatoms. The van der Waals surface area contributed by atoms with Gasteiger partial charge in [0.2, 0.25) is 0 Å². The molecule has 2 aromatic carbocycles. The van der Waals surface area contributed by atoms with E-state index in [0.29, 0.717) is 27.8 Å². The number of carbonyl (C=O) groups excluding carboxylic acids is 1. The fourth-order valence-corrected chi connectivity index (χ4v) is 2.81. The predicted octanol–water partition coefficient (Wildman–Crippen LogP) is 3.00. The molecular formula is C19H17NO5. The van der Waals surface area contributed by atoms with Gasteiger partial charge in [0.05, 0.1) is 26.7 Å². The highest BCUT2D eigenvalue weighted by Gasteiger charge is 2.21. The van der Waals surface area contributed by atoms with Gasteiger partial charge in [-0.3, -0.25) is 4.79 Å². The van der Waals surface area contributed by atoms with Crippen molar-refractivity contribution >= 4 is 16.7 Å². The van der Waals surface area contributed by atoms with Crippen LogP contribution in [0.2, 0.25) is 0 Å². The fraction of sp³-hybridized carbons (Fsp3) is 0.158. The molecule has 128 valence electrons. The minimum absolute atomic E-state index is 0.0958. The first kappa shape index (κ1) is 16.6. The van der Waals surface area contributed by atoms with Crippen molar-refractivity contribution in [1.29, 1.82) is 0 Å². The average Bonchev–Trinajstić information content (AvgIpc) is 2.66. The average molecular weight is 339 g/mol. The van der Waals surface area contributed by atoms with E-state index in [0.717, 1.165) is 5.56 Å². The van der Waals surface area contributed by atoms with Gasteiger partial charge in [0.1, 0.15) is 5.69 Å². The molecule has 0 amide bonds. The van der Waals surface area contributed by atoms with E-state index in [1.807, 2.05) is 30.3 Å². The predicted molar refractivity (Wildman–Crippen MR) is 94.4 cm³/mol. The number of carbonyl (C=O) groups is 1. The van der Waals surface area contributed by atoms with Crippen molar-refractivity contribution in [3.63, 3.8) is 0 Å². The highest BCUT2D eigenvalue weighted by atomic mass is 16.5. The highest BCUT2D eigenvalue weighted by molar-refractivity contribution is 6.07. The van der Waals surface area contributed by atoms with Crippen LogP contribution in [0.4, 0.5) is 0 Å². The van der Waals surface area contributed by atoms with Gasteiger partial charge in [-0.2, -0.15) is 0 Å². The summed E-state index contributed by atoms with van der Waals surface area (Å²) in [7, 11) is 4.29. The van der Waals surface area contributed by atoms with Crippen molar-refractivity contribution in [3.8, 4) is 22.6 Å². The van der Waals surface area contributed by atoms with Gasteiger partial charge in [-0.1, -0.05) is 30.3 Å². The molecule has 0 saturated heterocycles. The number of ether oxygens (including phenoxy) is 3. The Morgan fingerprint density at radius 3 is 2.08 bits per heavy atom. The van der Waals surface area contributed by atoms with E-state index in [1.165, 1.54) is 21.3 Å². The van der Waals surface area contributed by atoms with E-state index < -0.39 is 11.5 Å². The normalized spacial score (nSPS) is 10.5. The standard InChI is InChI=1S/C19H17NO5/c1-23-14-9-12-13(10-15(14)24-2)18(21)20-17(19(22)25-3)16(12)11-7-5-4-6-8-11/h4-10H,1-3H3,(H,20,21). The van der Waals surface area contributed by atoms with Crippen molar-refractivity contribution in [3.05, 3.63) is 58.5 Å². The molecule has 0 unspecified atom stereocenters. The van der Waals surface area contributed by atoms with Crippen LogP contribution in [0.5, 0.6) is 11.5 Å². The van der Waals surface area contributed by atoms with Crippen LogP contribution < -0.4 is 15.0 Å². The van der Waals surface area contributed by atoms with Crippen molar-refractivity contribution in [2.45, 2.75) is 0 Å². The molecule has 0 aliphatic carbocycles. The molecule has 0 atom stereocenters. The third-order valence-electron chi connectivity index (χ3n) is 3.98. The maximum absolute atomic E-state index is 12.5. The van der Waals surface area contributed by atoms with Crippen molar-refractivity contribution in [1.82, 2.24) is 4.98 Å². The molecule has 0 bridgehead atoms. The number of H-pyrrole nitrogens is 1. The summed E-state index contributed by atoms with van der Waals surface area (Å²) in [5.41, 5.74) is 1.04. The molecule has 1 heterocycles.